The van der Waals surface area contributed by atoms with E-state index in [4.69, 9.17) is 15.0 Å². The number of carbonyl (C=O) groups excluding carboxylic acids is 1. The van der Waals surface area contributed by atoms with Gasteiger partial charge in [0.15, 0.2) is 0 Å². The molecule has 2 aromatic carbocycles. The molecule has 0 heterocycles. The lowest BCUT2D eigenvalue weighted by atomic mass is 9.86. The topological polar surface area (TPSA) is 130 Å². The lowest BCUT2D eigenvalue weighted by Gasteiger charge is -2.30. The molecule has 1 N–H and O–H groups in total. The van der Waals surface area contributed by atoms with Crippen LogP contribution in [0.3, 0.4) is 0 Å². The molecule has 36 heavy (non-hydrogen) atoms. The van der Waals surface area contributed by atoms with E-state index in [0.717, 1.165) is 43.2 Å². The van der Waals surface area contributed by atoms with Gasteiger partial charge in [-0.3, -0.25) is 0 Å². The van der Waals surface area contributed by atoms with E-state index < -0.39 is 22.4 Å². The van der Waals surface area contributed by atoms with Crippen LogP contribution in [0.25, 0.3) is 10.4 Å². The largest absolute Gasteiger partial charge is 0.494 e. The van der Waals surface area contributed by atoms with Crippen molar-refractivity contribution in [3.8, 4) is 5.75 Å². The smallest absolute Gasteiger partial charge is 0.327 e. The van der Waals surface area contributed by atoms with Crippen molar-refractivity contribution in [1.82, 2.24) is 4.72 Å². The van der Waals surface area contributed by atoms with Crippen molar-refractivity contribution in [1.29, 1.82) is 0 Å². The first-order valence-electron chi connectivity index (χ1n) is 12.3. The zero-order valence-corrected chi connectivity index (χ0v) is 21.7. The Balaban J connectivity index is 2.01. The minimum absolute atomic E-state index is 0.0726. The number of rotatable bonds is 18. The van der Waals surface area contributed by atoms with Gasteiger partial charge in [0, 0.05) is 17.9 Å². The molecule has 0 aliphatic carbocycles. The third-order valence-corrected chi connectivity index (χ3v) is 6.39. The van der Waals surface area contributed by atoms with Crippen LogP contribution < -0.4 is 9.46 Å². The Hall–Kier alpha value is -3.07. The Morgan fingerprint density at radius 1 is 1.00 bits per heavy atom. The number of azide groups is 1. The van der Waals surface area contributed by atoms with Crippen LogP contribution in [-0.2, 0) is 33.4 Å². The van der Waals surface area contributed by atoms with Crippen molar-refractivity contribution >= 4 is 16.9 Å². The quantitative estimate of drug-likeness (QED) is 0.0696. The SMILES string of the molecule is CCCC[C@@](Cc1ccc(OCCCCCCN=[N+]=[N-])cc1)(N[SH](=O)=O)C(=O)OCc1ccccc1. The fourth-order valence-corrected chi connectivity index (χ4v) is 4.47. The molecule has 9 nitrogen and oxygen atoms in total. The lowest BCUT2D eigenvalue weighted by molar-refractivity contribution is -0.152. The molecule has 0 aliphatic heterocycles. The van der Waals surface area contributed by atoms with E-state index in [0.29, 0.717) is 31.7 Å². The zero-order valence-electron chi connectivity index (χ0n) is 20.8. The molecular formula is C26H36N4O5S. The third-order valence-electron chi connectivity index (χ3n) is 5.78. The van der Waals surface area contributed by atoms with E-state index >= 15 is 0 Å². The molecule has 0 aromatic heterocycles. The number of esters is 1. The van der Waals surface area contributed by atoms with Crippen LogP contribution in [-0.4, -0.2) is 33.1 Å². The standard InChI is InChI=1S/C26H36N4O5S/c1-2-3-17-26(29-36(32)33,25(31)35-21-23-11-7-6-8-12-23)20-22-13-15-24(16-14-22)34-19-10-5-4-9-18-28-30-27/h6-8,11-16,36H,2-5,9-10,17-21H2,1H3,(H,29,32,33)/t26-/m0/s1. The van der Waals surface area contributed by atoms with Gasteiger partial charge in [0.05, 0.1) is 6.61 Å². The van der Waals surface area contributed by atoms with Gasteiger partial charge < -0.3 is 9.47 Å². The van der Waals surface area contributed by atoms with E-state index in [1.54, 1.807) is 0 Å². The summed E-state index contributed by atoms with van der Waals surface area (Å²) in [6.45, 7) is 3.16. The van der Waals surface area contributed by atoms with Crippen molar-refractivity contribution < 1.29 is 22.7 Å². The monoisotopic (exact) mass is 516 g/mol. The van der Waals surface area contributed by atoms with Crippen molar-refractivity contribution in [2.24, 2.45) is 5.11 Å². The number of hydrogen-bond donors (Lipinski definition) is 2. The highest BCUT2D eigenvalue weighted by molar-refractivity contribution is 7.70. The number of nitrogens with zero attached hydrogens (tertiary/aromatic N) is 3. The second-order valence-corrected chi connectivity index (χ2v) is 9.39. The number of ether oxygens (including phenoxy) is 2. The Bertz CT molecular complexity index is 1030. The molecule has 0 bridgehead atoms. The predicted octanol–water partition coefficient (Wildman–Crippen LogP) is 5.27. The molecular weight excluding hydrogens is 480 g/mol. The average molecular weight is 517 g/mol. The fraction of sp³-hybridized carbons (Fsp3) is 0.500. The van der Waals surface area contributed by atoms with Crippen LogP contribution in [0, 0.1) is 0 Å². The summed E-state index contributed by atoms with van der Waals surface area (Å²) in [4.78, 5) is 16.0. The fourth-order valence-electron chi connectivity index (χ4n) is 3.84. The molecule has 0 aliphatic rings. The minimum atomic E-state index is -3.02. The summed E-state index contributed by atoms with van der Waals surface area (Å²) in [6, 6.07) is 16.6. The van der Waals surface area contributed by atoms with Gasteiger partial charge in [-0.25, -0.2) is 13.2 Å². The van der Waals surface area contributed by atoms with Crippen molar-refractivity contribution in [3.63, 3.8) is 0 Å². The first-order valence-corrected chi connectivity index (χ1v) is 13.5. The highest BCUT2D eigenvalue weighted by Gasteiger charge is 2.40. The van der Waals surface area contributed by atoms with Crippen LogP contribution in [0.4, 0.5) is 0 Å². The lowest BCUT2D eigenvalue weighted by Crippen LogP contribution is -2.54. The molecule has 0 amide bonds. The summed E-state index contributed by atoms with van der Waals surface area (Å²) in [7, 11) is -3.02. The van der Waals surface area contributed by atoms with Crippen molar-refractivity contribution in [2.75, 3.05) is 13.2 Å². The second-order valence-electron chi connectivity index (χ2n) is 8.65. The van der Waals surface area contributed by atoms with E-state index in [1.807, 2.05) is 61.5 Å². The van der Waals surface area contributed by atoms with Gasteiger partial charge >= 0.3 is 5.97 Å². The summed E-state index contributed by atoms with van der Waals surface area (Å²) in [5.41, 5.74) is 8.53. The van der Waals surface area contributed by atoms with Crippen LogP contribution in [0.1, 0.15) is 63.0 Å². The maximum atomic E-state index is 13.2. The van der Waals surface area contributed by atoms with Gasteiger partial charge in [0.1, 0.15) is 17.9 Å². The highest BCUT2D eigenvalue weighted by Crippen LogP contribution is 2.25. The number of unbranched alkanes of at least 4 members (excludes halogenated alkanes) is 4. The van der Waals surface area contributed by atoms with Gasteiger partial charge in [-0.15, -0.1) is 0 Å². The summed E-state index contributed by atoms with van der Waals surface area (Å²) in [5, 5.41) is 3.52. The Labute approximate surface area is 214 Å². The highest BCUT2D eigenvalue weighted by atomic mass is 32.2. The molecule has 0 saturated heterocycles. The van der Waals surface area contributed by atoms with E-state index in [2.05, 4.69) is 14.7 Å². The molecule has 10 heteroatoms. The molecule has 196 valence electrons. The number of nitrogens with one attached hydrogen (secondary N) is 1. The maximum Gasteiger partial charge on any atom is 0.327 e. The summed E-state index contributed by atoms with van der Waals surface area (Å²) >= 11 is 0. The van der Waals surface area contributed by atoms with Crippen LogP contribution >= 0.6 is 0 Å². The molecule has 0 unspecified atom stereocenters. The van der Waals surface area contributed by atoms with Gasteiger partial charge in [0.2, 0.25) is 10.9 Å². The van der Waals surface area contributed by atoms with E-state index in [9.17, 15) is 13.2 Å². The van der Waals surface area contributed by atoms with Gasteiger partial charge in [0.25, 0.3) is 0 Å². The van der Waals surface area contributed by atoms with Gasteiger partial charge in [-0.05, 0) is 48.1 Å². The normalized spacial score (nSPS) is 12.5. The molecule has 2 rings (SSSR count). The average Bonchev–Trinajstić information content (AvgIpc) is 2.88. The first-order chi connectivity index (χ1) is 17.5. The summed E-state index contributed by atoms with van der Waals surface area (Å²) in [6.07, 6.45) is 5.72. The number of carbonyl (C=O) groups is 1. The Kier molecular flexibility index (Phi) is 13.4. The Morgan fingerprint density at radius 2 is 1.72 bits per heavy atom. The summed E-state index contributed by atoms with van der Waals surface area (Å²) < 4.78 is 37.3. The van der Waals surface area contributed by atoms with Gasteiger partial charge in [-0.2, -0.15) is 4.72 Å². The van der Waals surface area contributed by atoms with Crippen LogP contribution in [0.15, 0.2) is 59.7 Å². The maximum absolute atomic E-state index is 13.2. The predicted molar refractivity (Wildman–Crippen MR) is 140 cm³/mol. The van der Waals surface area contributed by atoms with Gasteiger partial charge in [-0.1, -0.05) is 80.2 Å². The molecule has 0 spiro atoms. The zero-order chi connectivity index (χ0) is 26.1. The van der Waals surface area contributed by atoms with Crippen LogP contribution in [0.2, 0.25) is 0 Å². The van der Waals surface area contributed by atoms with Crippen LogP contribution in [0.5, 0.6) is 5.75 Å². The second kappa shape index (κ2) is 16.6. The van der Waals surface area contributed by atoms with E-state index in [-0.39, 0.29) is 13.0 Å². The number of benzene rings is 2. The molecule has 0 radical (unpaired) electrons. The molecule has 0 saturated carbocycles. The number of hydrogen-bond acceptors (Lipinski definition) is 6. The number of thiol groups is 1. The molecule has 2 aromatic rings. The first kappa shape index (κ1) is 29.2. The minimum Gasteiger partial charge on any atom is -0.494 e. The third kappa shape index (κ3) is 10.7. The van der Waals surface area contributed by atoms with Crippen molar-refractivity contribution in [2.45, 2.75) is 70.4 Å². The molecule has 1 atom stereocenters. The summed E-state index contributed by atoms with van der Waals surface area (Å²) in [5.74, 6) is 0.126. The van der Waals surface area contributed by atoms with E-state index in [1.165, 1.54) is 0 Å². The molecule has 0 fully saturated rings. The Morgan fingerprint density at radius 3 is 2.39 bits per heavy atom. The van der Waals surface area contributed by atoms with Crippen molar-refractivity contribution in [3.05, 3.63) is 76.2 Å².